The standard InChI is InChI=1S/C9H15N3O3/c1-6(14-2)4-12-5-11-7(8(12)10)9(13)15-3/h5-6H,4,10H2,1-3H3. The van der Waals surface area contributed by atoms with Crippen LogP contribution >= 0.6 is 0 Å². The van der Waals surface area contributed by atoms with Gasteiger partial charge < -0.3 is 19.8 Å². The average molecular weight is 213 g/mol. The molecule has 2 N–H and O–H groups in total. The molecular weight excluding hydrogens is 198 g/mol. The molecule has 1 rings (SSSR count). The first-order chi connectivity index (χ1) is 7.10. The molecule has 1 aromatic heterocycles. The zero-order valence-corrected chi connectivity index (χ0v) is 9.06. The molecule has 0 aliphatic carbocycles. The number of nitrogens with zero attached hydrogens (tertiary/aromatic N) is 2. The van der Waals surface area contributed by atoms with Gasteiger partial charge in [0.1, 0.15) is 5.82 Å². The van der Waals surface area contributed by atoms with Crippen LogP contribution in [0.5, 0.6) is 0 Å². The summed E-state index contributed by atoms with van der Waals surface area (Å²) < 4.78 is 11.3. The van der Waals surface area contributed by atoms with Gasteiger partial charge in [-0.25, -0.2) is 9.78 Å². The summed E-state index contributed by atoms with van der Waals surface area (Å²) in [6.07, 6.45) is 1.50. The van der Waals surface area contributed by atoms with Crippen molar-refractivity contribution in [1.82, 2.24) is 9.55 Å². The van der Waals surface area contributed by atoms with E-state index >= 15 is 0 Å². The molecule has 1 heterocycles. The fraction of sp³-hybridized carbons (Fsp3) is 0.556. The van der Waals surface area contributed by atoms with Gasteiger partial charge in [-0.1, -0.05) is 0 Å². The highest BCUT2D eigenvalue weighted by Crippen LogP contribution is 2.12. The molecule has 0 aliphatic rings. The lowest BCUT2D eigenvalue weighted by Crippen LogP contribution is -2.16. The molecule has 1 aromatic rings. The van der Waals surface area contributed by atoms with Crippen LogP contribution < -0.4 is 5.73 Å². The van der Waals surface area contributed by atoms with E-state index in [0.29, 0.717) is 12.4 Å². The second-order valence-corrected chi connectivity index (χ2v) is 3.17. The van der Waals surface area contributed by atoms with Crippen LogP contribution in [0.2, 0.25) is 0 Å². The SMILES string of the molecule is COC(=O)c1ncn(CC(C)OC)c1N. The van der Waals surface area contributed by atoms with E-state index in [2.05, 4.69) is 9.72 Å². The van der Waals surface area contributed by atoms with Gasteiger partial charge in [-0.05, 0) is 6.92 Å². The second kappa shape index (κ2) is 4.79. The first-order valence-electron chi connectivity index (χ1n) is 4.51. The summed E-state index contributed by atoms with van der Waals surface area (Å²) in [4.78, 5) is 15.1. The molecule has 0 aromatic carbocycles. The van der Waals surface area contributed by atoms with E-state index in [1.165, 1.54) is 13.4 Å². The normalized spacial score (nSPS) is 12.5. The fourth-order valence-electron chi connectivity index (χ4n) is 1.14. The number of hydrogen-bond donors (Lipinski definition) is 1. The molecule has 0 aliphatic heterocycles. The van der Waals surface area contributed by atoms with Crippen molar-refractivity contribution < 1.29 is 14.3 Å². The largest absolute Gasteiger partial charge is 0.464 e. The molecular formula is C9H15N3O3. The number of aromatic nitrogens is 2. The fourth-order valence-corrected chi connectivity index (χ4v) is 1.14. The predicted octanol–water partition coefficient (Wildman–Crippen LogP) is 0.287. The van der Waals surface area contributed by atoms with Gasteiger partial charge in [0.2, 0.25) is 0 Å². The average Bonchev–Trinajstić information content (AvgIpc) is 2.59. The summed E-state index contributed by atoms with van der Waals surface area (Å²) in [7, 11) is 2.90. The Kier molecular flexibility index (Phi) is 3.68. The molecule has 15 heavy (non-hydrogen) atoms. The first-order valence-corrected chi connectivity index (χ1v) is 4.51. The van der Waals surface area contributed by atoms with Gasteiger partial charge in [0.05, 0.1) is 26.1 Å². The topological polar surface area (TPSA) is 79.4 Å². The maximum absolute atomic E-state index is 11.2. The minimum atomic E-state index is -0.531. The maximum atomic E-state index is 11.2. The number of carbonyl (C=O) groups excluding carboxylic acids is 1. The number of hydrogen-bond acceptors (Lipinski definition) is 5. The third-order valence-corrected chi connectivity index (χ3v) is 2.11. The Bertz CT molecular complexity index is 348. The highest BCUT2D eigenvalue weighted by Gasteiger charge is 2.16. The zero-order valence-electron chi connectivity index (χ0n) is 9.06. The predicted molar refractivity (Wildman–Crippen MR) is 54.4 cm³/mol. The van der Waals surface area contributed by atoms with Crippen LogP contribution in [0, 0.1) is 0 Å². The van der Waals surface area contributed by atoms with Crippen molar-refractivity contribution in [2.75, 3.05) is 20.0 Å². The number of nitrogen functional groups attached to an aromatic ring is 1. The number of imidazole rings is 1. The Hall–Kier alpha value is -1.56. The Morgan fingerprint density at radius 2 is 2.33 bits per heavy atom. The molecule has 0 radical (unpaired) electrons. The van der Waals surface area contributed by atoms with E-state index in [4.69, 9.17) is 10.5 Å². The monoisotopic (exact) mass is 213 g/mol. The number of anilines is 1. The van der Waals surface area contributed by atoms with Crippen LogP contribution in [-0.4, -0.2) is 35.8 Å². The van der Waals surface area contributed by atoms with Gasteiger partial charge in [-0.2, -0.15) is 0 Å². The van der Waals surface area contributed by atoms with Crippen LogP contribution in [0.15, 0.2) is 6.33 Å². The van der Waals surface area contributed by atoms with E-state index in [0.717, 1.165) is 0 Å². The molecule has 1 unspecified atom stereocenters. The third kappa shape index (κ3) is 2.47. The number of esters is 1. The lowest BCUT2D eigenvalue weighted by atomic mass is 10.4. The smallest absolute Gasteiger partial charge is 0.360 e. The summed E-state index contributed by atoms with van der Waals surface area (Å²) >= 11 is 0. The van der Waals surface area contributed by atoms with Crippen molar-refractivity contribution in [2.24, 2.45) is 0 Å². The molecule has 1 atom stereocenters. The minimum absolute atomic E-state index is 0.00648. The van der Waals surface area contributed by atoms with E-state index in [9.17, 15) is 4.79 Å². The van der Waals surface area contributed by atoms with Gasteiger partial charge in [0.15, 0.2) is 5.69 Å². The van der Waals surface area contributed by atoms with Gasteiger partial charge in [0, 0.05) is 7.11 Å². The van der Waals surface area contributed by atoms with E-state index in [-0.39, 0.29) is 11.8 Å². The Morgan fingerprint density at radius 1 is 1.67 bits per heavy atom. The molecule has 6 heteroatoms. The maximum Gasteiger partial charge on any atom is 0.360 e. The van der Waals surface area contributed by atoms with E-state index in [1.54, 1.807) is 11.7 Å². The molecule has 0 saturated heterocycles. The Labute approximate surface area is 88.0 Å². The van der Waals surface area contributed by atoms with Crippen LogP contribution in [-0.2, 0) is 16.0 Å². The summed E-state index contributed by atoms with van der Waals surface area (Å²) in [6.45, 7) is 2.45. The Balaban J connectivity index is 2.84. The van der Waals surface area contributed by atoms with Crippen molar-refractivity contribution in [3.05, 3.63) is 12.0 Å². The van der Waals surface area contributed by atoms with Gasteiger partial charge in [-0.3, -0.25) is 0 Å². The van der Waals surface area contributed by atoms with Crippen molar-refractivity contribution >= 4 is 11.8 Å². The van der Waals surface area contributed by atoms with Crippen LogP contribution in [0.1, 0.15) is 17.4 Å². The molecule has 0 bridgehead atoms. The number of ether oxygens (including phenoxy) is 2. The Morgan fingerprint density at radius 3 is 2.87 bits per heavy atom. The van der Waals surface area contributed by atoms with E-state index in [1.807, 2.05) is 6.92 Å². The lowest BCUT2D eigenvalue weighted by molar-refractivity contribution is 0.0595. The van der Waals surface area contributed by atoms with Crippen LogP contribution in [0.3, 0.4) is 0 Å². The minimum Gasteiger partial charge on any atom is -0.464 e. The summed E-state index contributed by atoms with van der Waals surface area (Å²) in [6, 6.07) is 0. The number of rotatable bonds is 4. The molecule has 0 amide bonds. The summed E-state index contributed by atoms with van der Waals surface area (Å²) in [5, 5.41) is 0. The van der Waals surface area contributed by atoms with Gasteiger partial charge in [-0.15, -0.1) is 0 Å². The number of nitrogens with two attached hydrogens (primary N) is 1. The molecule has 0 fully saturated rings. The van der Waals surface area contributed by atoms with Crippen LogP contribution in [0.4, 0.5) is 5.82 Å². The van der Waals surface area contributed by atoms with Crippen molar-refractivity contribution in [3.8, 4) is 0 Å². The first kappa shape index (κ1) is 11.5. The van der Waals surface area contributed by atoms with Crippen LogP contribution in [0.25, 0.3) is 0 Å². The highest BCUT2D eigenvalue weighted by atomic mass is 16.5. The van der Waals surface area contributed by atoms with Crippen molar-refractivity contribution in [3.63, 3.8) is 0 Å². The molecule has 84 valence electrons. The van der Waals surface area contributed by atoms with Gasteiger partial charge >= 0.3 is 5.97 Å². The summed E-state index contributed by atoms with van der Waals surface area (Å²) in [5.41, 5.74) is 5.87. The highest BCUT2D eigenvalue weighted by molar-refractivity contribution is 5.91. The molecule has 0 spiro atoms. The molecule has 6 nitrogen and oxygen atoms in total. The quantitative estimate of drug-likeness (QED) is 0.727. The van der Waals surface area contributed by atoms with Gasteiger partial charge in [0.25, 0.3) is 0 Å². The third-order valence-electron chi connectivity index (χ3n) is 2.11. The van der Waals surface area contributed by atoms with Crippen molar-refractivity contribution in [1.29, 1.82) is 0 Å². The zero-order chi connectivity index (χ0) is 11.4. The van der Waals surface area contributed by atoms with E-state index < -0.39 is 5.97 Å². The lowest BCUT2D eigenvalue weighted by Gasteiger charge is -2.11. The molecule has 0 saturated carbocycles. The number of carbonyl (C=O) groups is 1. The van der Waals surface area contributed by atoms with Crippen molar-refractivity contribution in [2.45, 2.75) is 19.6 Å². The number of methoxy groups -OCH3 is 2. The second-order valence-electron chi connectivity index (χ2n) is 3.17. The summed E-state index contributed by atoms with van der Waals surface area (Å²) in [5.74, 6) is -0.234.